The topological polar surface area (TPSA) is 80.4 Å². The molecule has 1 aliphatic carbocycles. The number of hydrogen-bond acceptors (Lipinski definition) is 3. The first-order valence-corrected chi connectivity index (χ1v) is 7.95. The van der Waals surface area contributed by atoms with E-state index in [9.17, 15) is 14.0 Å². The smallest absolute Gasteiger partial charge is 0.309 e. The number of carboxylic acid groups (broad SMARTS) is 1. The van der Waals surface area contributed by atoms with E-state index in [1.165, 1.54) is 26.8 Å². The zero-order valence-corrected chi connectivity index (χ0v) is 14.8. The second-order valence-corrected chi connectivity index (χ2v) is 6.49. The molecule has 1 aromatic rings. The zero-order valence-electron chi connectivity index (χ0n) is 14.8. The van der Waals surface area contributed by atoms with Crippen LogP contribution in [0.1, 0.15) is 39.2 Å². The van der Waals surface area contributed by atoms with Crippen LogP contribution in [0.2, 0.25) is 0 Å². The summed E-state index contributed by atoms with van der Waals surface area (Å²) in [5.41, 5.74) is 6.59. The quantitative estimate of drug-likeness (QED) is 0.793. The third kappa shape index (κ3) is 6.75. The number of ketones is 1. The van der Waals surface area contributed by atoms with Crippen molar-refractivity contribution in [2.75, 3.05) is 5.73 Å². The van der Waals surface area contributed by atoms with E-state index in [1.54, 1.807) is 6.07 Å². The van der Waals surface area contributed by atoms with Crippen molar-refractivity contribution in [1.82, 2.24) is 0 Å². The molecule has 0 heterocycles. The molecule has 1 aromatic carbocycles. The molecule has 0 saturated heterocycles. The maximum atomic E-state index is 13.2. The highest BCUT2D eigenvalue weighted by atomic mass is 19.1. The number of carboxylic acids is 1. The van der Waals surface area contributed by atoms with Gasteiger partial charge in [-0.05, 0) is 50.5 Å². The lowest BCUT2D eigenvalue weighted by Gasteiger charge is -2.15. The van der Waals surface area contributed by atoms with E-state index in [0.29, 0.717) is 0 Å². The second kappa shape index (κ2) is 8.97. The molecular formula is C20H24FNO3. The molecule has 3 N–H and O–H groups in total. The summed E-state index contributed by atoms with van der Waals surface area (Å²) in [7, 11) is 0. The zero-order chi connectivity index (χ0) is 19.0. The minimum atomic E-state index is -0.928. The average Bonchev–Trinajstić information content (AvgIpc) is 2.78. The van der Waals surface area contributed by atoms with Gasteiger partial charge in [0.1, 0.15) is 11.6 Å². The molecular weight excluding hydrogens is 321 g/mol. The molecule has 0 unspecified atom stereocenters. The molecule has 0 amide bonds. The molecule has 0 bridgehead atoms. The lowest BCUT2D eigenvalue weighted by Crippen LogP contribution is -2.25. The summed E-state index contributed by atoms with van der Waals surface area (Å²) in [6, 6.07) is 4.90. The Morgan fingerprint density at radius 1 is 1.28 bits per heavy atom. The monoisotopic (exact) mass is 345 g/mol. The van der Waals surface area contributed by atoms with E-state index in [0.717, 1.165) is 17.6 Å². The minimum absolute atomic E-state index is 0.0904. The van der Waals surface area contributed by atoms with Crippen LogP contribution in [-0.4, -0.2) is 16.9 Å². The summed E-state index contributed by atoms with van der Waals surface area (Å²) in [6.45, 7) is 4.47. The van der Waals surface area contributed by atoms with Gasteiger partial charge in [0.2, 0.25) is 0 Å². The van der Waals surface area contributed by atoms with Crippen LogP contribution < -0.4 is 5.73 Å². The number of nitrogen functional groups attached to an aromatic ring is 1. The van der Waals surface area contributed by atoms with Crippen LogP contribution in [0.3, 0.4) is 0 Å². The number of carbonyl (C=O) groups excluding carboxylic acids is 1. The SMILES string of the molecule is CC(=O)CC(C)(C)C(=O)O.Nc1ccc(C2=CCC=CC=C2)cc1F. The lowest BCUT2D eigenvalue weighted by molar-refractivity contribution is -0.149. The van der Waals surface area contributed by atoms with Gasteiger partial charge < -0.3 is 10.8 Å². The van der Waals surface area contributed by atoms with Gasteiger partial charge in [-0.3, -0.25) is 9.59 Å². The van der Waals surface area contributed by atoms with Crippen molar-refractivity contribution in [3.05, 3.63) is 60.0 Å². The molecule has 5 heteroatoms. The molecule has 0 saturated carbocycles. The maximum Gasteiger partial charge on any atom is 0.309 e. The maximum absolute atomic E-state index is 13.2. The fourth-order valence-electron chi connectivity index (χ4n) is 2.20. The predicted molar refractivity (Wildman–Crippen MR) is 98.4 cm³/mol. The van der Waals surface area contributed by atoms with Crippen molar-refractivity contribution in [2.45, 2.75) is 33.6 Å². The number of rotatable bonds is 4. The van der Waals surface area contributed by atoms with Crippen LogP contribution in [-0.2, 0) is 9.59 Å². The van der Waals surface area contributed by atoms with E-state index >= 15 is 0 Å². The van der Waals surface area contributed by atoms with Crippen LogP contribution in [0.25, 0.3) is 5.57 Å². The third-order valence-electron chi connectivity index (χ3n) is 3.60. The highest BCUT2D eigenvalue weighted by Gasteiger charge is 2.28. The first-order chi connectivity index (χ1) is 11.6. The van der Waals surface area contributed by atoms with Gasteiger partial charge in [-0.25, -0.2) is 4.39 Å². The van der Waals surface area contributed by atoms with Gasteiger partial charge in [0, 0.05) is 6.42 Å². The molecule has 4 nitrogen and oxygen atoms in total. The number of benzene rings is 1. The highest BCUT2D eigenvalue weighted by Crippen LogP contribution is 2.22. The van der Waals surface area contributed by atoms with Crippen LogP contribution in [0.15, 0.2) is 48.6 Å². The first-order valence-electron chi connectivity index (χ1n) is 7.95. The predicted octanol–water partition coefficient (Wildman–Crippen LogP) is 4.38. The Morgan fingerprint density at radius 2 is 1.96 bits per heavy atom. The van der Waals surface area contributed by atoms with Crippen molar-refractivity contribution in [3.8, 4) is 0 Å². The number of allylic oxidation sites excluding steroid dienone is 6. The molecule has 134 valence electrons. The van der Waals surface area contributed by atoms with Crippen molar-refractivity contribution >= 4 is 23.0 Å². The van der Waals surface area contributed by atoms with E-state index in [2.05, 4.69) is 12.2 Å². The summed E-state index contributed by atoms with van der Waals surface area (Å²) in [5, 5.41) is 8.54. The van der Waals surface area contributed by atoms with Gasteiger partial charge in [0.25, 0.3) is 0 Å². The molecule has 0 aliphatic heterocycles. The Labute approximate surface area is 147 Å². The van der Waals surface area contributed by atoms with Gasteiger partial charge in [0.15, 0.2) is 0 Å². The van der Waals surface area contributed by atoms with Crippen molar-refractivity contribution < 1.29 is 19.1 Å². The Morgan fingerprint density at radius 3 is 2.48 bits per heavy atom. The number of aliphatic carboxylic acids is 1. The normalized spacial score (nSPS) is 13.4. The Hall–Kier alpha value is -2.69. The van der Waals surface area contributed by atoms with Crippen molar-refractivity contribution in [2.24, 2.45) is 5.41 Å². The van der Waals surface area contributed by atoms with Crippen molar-refractivity contribution in [1.29, 1.82) is 0 Å². The number of halogens is 1. The van der Waals surface area contributed by atoms with Gasteiger partial charge in [-0.2, -0.15) is 0 Å². The number of hydrogen-bond donors (Lipinski definition) is 2. The van der Waals surface area contributed by atoms with E-state index < -0.39 is 11.4 Å². The average molecular weight is 345 g/mol. The Balaban J connectivity index is 0.000000275. The van der Waals surface area contributed by atoms with Crippen LogP contribution in [0.5, 0.6) is 0 Å². The second-order valence-electron chi connectivity index (χ2n) is 6.49. The summed E-state index contributed by atoms with van der Waals surface area (Å²) in [4.78, 5) is 20.9. The first kappa shape index (κ1) is 20.4. The number of Topliss-reactive ketones (excluding diaryl/α,β-unsaturated/α-hetero) is 1. The Kier molecular flexibility index (Phi) is 7.30. The van der Waals surface area contributed by atoms with E-state index in [-0.39, 0.29) is 23.7 Å². The molecule has 1 aliphatic rings. The minimum Gasteiger partial charge on any atom is -0.481 e. The molecule has 0 atom stereocenters. The molecule has 25 heavy (non-hydrogen) atoms. The van der Waals surface area contributed by atoms with Gasteiger partial charge in [-0.1, -0.05) is 36.4 Å². The van der Waals surface area contributed by atoms with Gasteiger partial charge >= 0.3 is 5.97 Å². The number of anilines is 1. The van der Waals surface area contributed by atoms with Gasteiger partial charge in [0.05, 0.1) is 11.1 Å². The van der Waals surface area contributed by atoms with Crippen molar-refractivity contribution in [3.63, 3.8) is 0 Å². The molecule has 0 aromatic heterocycles. The van der Waals surface area contributed by atoms with E-state index in [4.69, 9.17) is 10.8 Å². The summed E-state index contributed by atoms with van der Waals surface area (Å²) < 4.78 is 13.2. The summed E-state index contributed by atoms with van der Waals surface area (Å²) in [6.07, 6.45) is 11.0. The highest BCUT2D eigenvalue weighted by molar-refractivity contribution is 5.84. The molecule has 0 fully saturated rings. The van der Waals surface area contributed by atoms with Crippen LogP contribution in [0.4, 0.5) is 10.1 Å². The third-order valence-corrected chi connectivity index (χ3v) is 3.60. The number of carbonyl (C=O) groups is 2. The fourth-order valence-corrected chi connectivity index (χ4v) is 2.20. The molecule has 0 spiro atoms. The van der Waals surface area contributed by atoms with E-state index in [1.807, 2.05) is 24.3 Å². The fraction of sp³-hybridized carbons (Fsp3) is 0.300. The lowest BCUT2D eigenvalue weighted by atomic mass is 9.88. The molecule has 0 radical (unpaired) electrons. The van der Waals surface area contributed by atoms with Gasteiger partial charge in [-0.15, -0.1) is 0 Å². The van der Waals surface area contributed by atoms with Crippen LogP contribution >= 0.6 is 0 Å². The summed E-state index contributed by atoms with van der Waals surface area (Å²) >= 11 is 0. The number of nitrogens with two attached hydrogens (primary N) is 1. The van der Waals surface area contributed by atoms with Crippen LogP contribution in [0, 0.1) is 11.2 Å². The molecule has 2 rings (SSSR count). The standard InChI is InChI=1S/C13H12FN.C7H12O3/c14-12-9-11(7-8-13(12)15)10-5-3-1-2-4-6-10;1-5(8)4-7(2,3)6(9)10/h1-3,5-9H,4,15H2;4H2,1-3H3,(H,9,10). The Bertz CT molecular complexity index is 730. The summed E-state index contributed by atoms with van der Waals surface area (Å²) in [5.74, 6) is -1.38. The largest absolute Gasteiger partial charge is 0.481 e.